The molecule has 2 fully saturated rings. The Labute approximate surface area is 234 Å². The van der Waals surface area contributed by atoms with Gasteiger partial charge in [-0.2, -0.15) is 4.31 Å². The summed E-state index contributed by atoms with van der Waals surface area (Å²) in [4.78, 5) is 45.1. The summed E-state index contributed by atoms with van der Waals surface area (Å²) in [5, 5.41) is 0. The average Bonchev–Trinajstić information content (AvgIpc) is 3.49. The van der Waals surface area contributed by atoms with Crippen LogP contribution in [-0.4, -0.2) is 92.4 Å². The van der Waals surface area contributed by atoms with E-state index in [0.717, 1.165) is 11.4 Å². The van der Waals surface area contributed by atoms with Gasteiger partial charge in [-0.25, -0.2) is 8.42 Å². The zero-order chi connectivity index (χ0) is 28.4. The molecule has 11 heteroatoms. The molecule has 0 aliphatic carbocycles. The highest BCUT2D eigenvalue weighted by atomic mass is 32.2. The first-order valence-corrected chi connectivity index (χ1v) is 14.8. The Morgan fingerprint density at radius 1 is 0.675 bits per heavy atom. The Balaban J connectivity index is 1.17. The first kappa shape index (κ1) is 27.6. The second kappa shape index (κ2) is 11.3. The summed E-state index contributed by atoms with van der Waals surface area (Å²) in [6.07, 6.45) is 1.39. The molecule has 0 radical (unpaired) electrons. The molecule has 5 rings (SSSR count). The van der Waals surface area contributed by atoms with Crippen LogP contribution < -0.4 is 9.80 Å². The summed E-state index contributed by atoms with van der Waals surface area (Å²) in [5.74, 6) is -0.202. The van der Waals surface area contributed by atoms with E-state index in [2.05, 4.69) is 14.8 Å². The molecular weight excluding hydrogens is 530 g/mol. The number of aromatic amines is 1. The summed E-state index contributed by atoms with van der Waals surface area (Å²) >= 11 is 0. The molecular formula is C29H33N5O5S. The van der Waals surface area contributed by atoms with Gasteiger partial charge in [0.2, 0.25) is 10.0 Å². The Morgan fingerprint density at radius 2 is 1.12 bits per heavy atom. The molecule has 0 spiro atoms. The minimum absolute atomic E-state index is 0.00591. The van der Waals surface area contributed by atoms with Crippen molar-refractivity contribution < 1.29 is 22.8 Å². The smallest absolute Gasteiger partial charge is 0.270 e. The average molecular weight is 564 g/mol. The molecule has 1 amide bonds. The molecule has 3 heterocycles. The summed E-state index contributed by atoms with van der Waals surface area (Å²) < 4.78 is 28.1. The van der Waals surface area contributed by atoms with Gasteiger partial charge in [-0.15, -0.1) is 0 Å². The molecule has 2 saturated heterocycles. The van der Waals surface area contributed by atoms with Gasteiger partial charge in [0.25, 0.3) is 5.91 Å². The molecule has 210 valence electrons. The number of amides is 1. The van der Waals surface area contributed by atoms with Crippen molar-refractivity contribution in [2.45, 2.75) is 18.7 Å². The van der Waals surface area contributed by atoms with E-state index in [1.165, 1.54) is 30.4 Å². The predicted molar refractivity (Wildman–Crippen MR) is 153 cm³/mol. The van der Waals surface area contributed by atoms with Crippen LogP contribution in [0.3, 0.4) is 0 Å². The molecule has 1 N–H and O–H groups in total. The molecule has 40 heavy (non-hydrogen) atoms. The number of H-pyrrole nitrogens is 1. The van der Waals surface area contributed by atoms with E-state index < -0.39 is 10.0 Å². The minimum Gasteiger partial charge on any atom is -0.369 e. The highest BCUT2D eigenvalue weighted by Gasteiger charge is 2.31. The van der Waals surface area contributed by atoms with E-state index >= 15 is 0 Å². The molecule has 1 aromatic heterocycles. The van der Waals surface area contributed by atoms with Gasteiger partial charge in [-0.05, 0) is 68.4 Å². The summed E-state index contributed by atoms with van der Waals surface area (Å²) in [6.45, 7) is 7.03. The van der Waals surface area contributed by atoms with Crippen molar-refractivity contribution in [2.24, 2.45) is 0 Å². The molecule has 10 nitrogen and oxygen atoms in total. The molecule has 3 aromatic rings. The normalized spacial score (nSPS) is 16.7. The number of Topliss-reactive ketones (excluding diaryl/α,β-unsaturated/α-hetero) is 2. The van der Waals surface area contributed by atoms with Crippen LogP contribution in [0, 0.1) is 0 Å². The van der Waals surface area contributed by atoms with Gasteiger partial charge in [0.1, 0.15) is 10.6 Å². The van der Waals surface area contributed by atoms with Crippen LogP contribution in [0.5, 0.6) is 0 Å². The number of benzene rings is 2. The molecule has 0 saturated carbocycles. The van der Waals surface area contributed by atoms with Gasteiger partial charge in [-0.3, -0.25) is 14.4 Å². The third-order valence-electron chi connectivity index (χ3n) is 7.61. The number of aromatic nitrogens is 1. The van der Waals surface area contributed by atoms with Crippen molar-refractivity contribution in [1.29, 1.82) is 0 Å². The number of nitrogens with zero attached hydrogens (tertiary/aromatic N) is 4. The SMILES string of the molecule is CC(=O)c1ccc(N2CCN(C(=O)c3cc(S(=O)(=O)N4CCN(c5ccc(C(C)=O)cc5)CC4)c[nH]3)CC2)cc1. The van der Waals surface area contributed by atoms with Gasteiger partial charge in [0.15, 0.2) is 11.6 Å². The van der Waals surface area contributed by atoms with E-state index in [4.69, 9.17) is 0 Å². The summed E-state index contributed by atoms with van der Waals surface area (Å²) in [5.41, 5.74) is 3.51. The number of ketones is 2. The maximum atomic E-state index is 13.3. The van der Waals surface area contributed by atoms with Gasteiger partial charge >= 0.3 is 0 Å². The van der Waals surface area contributed by atoms with Crippen LogP contribution in [0.4, 0.5) is 11.4 Å². The molecule has 0 atom stereocenters. The van der Waals surface area contributed by atoms with E-state index in [1.807, 2.05) is 36.4 Å². The van der Waals surface area contributed by atoms with Crippen LogP contribution in [-0.2, 0) is 10.0 Å². The highest BCUT2D eigenvalue weighted by molar-refractivity contribution is 7.89. The van der Waals surface area contributed by atoms with Crippen molar-refractivity contribution in [2.75, 3.05) is 62.2 Å². The first-order chi connectivity index (χ1) is 19.1. The summed E-state index contributed by atoms with van der Waals surface area (Å²) in [7, 11) is -3.76. The molecule has 2 aliphatic heterocycles. The lowest BCUT2D eigenvalue weighted by atomic mass is 10.1. The van der Waals surface area contributed by atoms with Crippen molar-refractivity contribution in [3.05, 3.63) is 77.6 Å². The van der Waals surface area contributed by atoms with Crippen LogP contribution in [0.2, 0.25) is 0 Å². The lowest BCUT2D eigenvalue weighted by molar-refractivity contribution is 0.0741. The Bertz CT molecular complexity index is 1500. The fourth-order valence-corrected chi connectivity index (χ4v) is 6.55. The van der Waals surface area contributed by atoms with Crippen molar-refractivity contribution in [3.63, 3.8) is 0 Å². The Morgan fingerprint density at radius 3 is 1.57 bits per heavy atom. The van der Waals surface area contributed by atoms with Crippen molar-refractivity contribution >= 4 is 38.9 Å². The van der Waals surface area contributed by atoms with Gasteiger partial charge in [0.05, 0.1) is 0 Å². The number of nitrogens with one attached hydrogen (secondary N) is 1. The van der Waals surface area contributed by atoms with Crippen LogP contribution in [0.1, 0.15) is 45.1 Å². The monoisotopic (exact) mass is 563 g/mol. The van der Waals surface area contributed by atoms with Crippen LogP contribution in [0.25, 0.3) is 0 Å². The minimum atomic E-state index is -3.76. The number of hydrogen-bond donors (Lipinski definition) is 1. The standard InChI is InChI=1S/C29H33N5O5S/c1-21(35)23-3-7-25(8-4-23)31-11-13-33(14-12-31)29(37)28-19-27(20-30-28)40(38,39)34-17-15-32(16-18-34)26-9-5-24(6-10-26)22(2)36/h3-10,19-20,30H,11-18H2,1-2H3. The fraction of sp³-hybridized carbons (Fsp3) is 0.345. The van der Waals surface area contributed by atoms with Gasteiger partial charge in [-0.1, -0.05) is 0 Å². The zero-order valence-electron chi connectivity index (χ0n) is 22.7. The maximum Gasteiger partial charge on any atom is 0.270 e. The third-order valence-corrected chi connectivity index (χ3v) is 9.48. The molecule has 2 aromatic carbocycles. The van der Waals surface area contributed by atoms with Crippen molar-refractivity contribution in [3.8, 4) is 0 Å². The zero-order valence-corrected chi connectivity index (χ0v) is 23.5. The van der Waals surface area contributed by atoms with Crippen LogP contribution >= 0.6 is 0 Å². The number of sulfonamides is 1. The summed E-state index contributed by atoms with van der Waals surface area (Å²) in [6, 6.07) is 16.2. The van der Waals surface area contributed by atoms with Crippen molar-refractivity contribution in [1.82, 2.24) is 14.2 Å². The van der Waals surface area contributed by atoms with Gasteiger partial charge in [0, 0.05) is 81.1 Å². The Hall–Kier alpha value is -3.96. The number of hydrogen-bond acceptors (Lipinski definition) is 7. The molecule has 0 unspecified atom stereocenters. The largest absolute Gasteiger partial charge is 0.369 e. The first-order valence-electron chi connectivity index (χ1n) is 13.3. The topological polar surface area (TPSA) is 114 Å². The number of piperazine rings is 2. The lowest BCUT2D eigenvalue weighted by Gasteiger charge is -2.36. The number of carbonyl (C=O) groups is 3. The van der Waals surface area contributed by atoms with E-state index in [0.29, 0.717) is 63.5 Å². The fourth-order valence-electron chi connectivity index (χ4n) is 5.13. The second-order valence-corrected chi connectivity index (χ2v) is 12.1. The Kier molecular flexibility index (Phi) is 7.77. The van der Waals surface area contributed by atoms with E-state index in [9.17, 15) is 22.8 Å². The lowest BCUT2D eigenvalue weighted by Crippen LogP contribution is -2.49. The van der Waals surface area contributed by atoms with E-state index in [-0.39, 0.29) is 28.1 Å². The van der Waals surface area contributed by atoms with Gasteiger partial charge < -0.3 is 19.7 Å². The maximum absolute atomic E-state index is 13.3. The highest BCUT2D eigenvalue weighted by Crippen LogP contribution is 2.24. The third kappa shape index (κ3) is 5.66. The number of anilines is 2. The second-order valence-electron chi connectivity index (χ2n) is 10.1. The predicted octanol–water partition coefficient (Wildman–Crippen LogP) is 2.89. The molecule has 2 aliphatic rings. The quantitative estimate of drug-likeness (QED) is 0.440. The molecule has 0 bridgehead atoms. The van der Waals surface area contributed by atoms with Crippen LogP contribution in [0.15, 0.2) is 65.7 Å². The number of rotatable bonds is 7. The van der Waals surface area contributed by atoms with E-state index in [1.54, 1.807) is 17.0 Å². The number of carbonyl (C=O) groups excluding carboxylic acids is 3.